The minimum absolute atomic E-state index is 0.203. The lowest BCUT2D eigenvalue weighted by atomic mass is 10.3. The molecule has 1 aliphatic heterocycles. The van der Waals surface area contributed by atoms with Crippen LogP contribution >= 0.6 is 0 Å². The SMILES string of the molecule is OCC(O)CN1C=C[C]C=C1. The van der Waals surface area contributed by atoms with Crippen LogP contribution in [0, 0.1) is 6.42 Å². The molecule has 0 aliphatic carbocycles. The summed E-state index contributed by atoms with van der Waals surface area (Å²) < 4.78 is 0. The first kappa shape index (κ1) is 8.30. The number of allylic oxidation sites excluding steroid dienone is 2. The molecule has 0 amide bonds. The van der Waals surface area contributed by atoms with Crippen molar-refractivity contribution in [2.45, 2.75) is 6.10 Å². The van der Waals surface area contributed by atoms with Crippen molar-refractivity contribution in [1.82, 2.24) is 4.90 Å². The normalized spacial score (nSPS) is 18.9. The van der Waals surface area contributed by atoms with E-state index < -0.39 is 6.10 Å². The number of nitrogens with zero attached hydrogens (tertiary/aromatic N) is 1. The molecule has 1 aliphatic rings. The molecule has 0 aromatic rings. The van der Waals surface area contributed by atoms with Gasteiger partial charge in [0.15, 0.2) is 0 Å². The molecule has 0 aromatic carbocycles. The Kier molecular flexibility index (Phi) is 3.14. The molecule has 1 unspecified atom stereocenters. The van der Waals surface area contributed by atoms with Crippen molar-refractivity contribution >= 4 is 0 Å². The molecule has 2 N–H and O–H groups in total. The summed E-state index contributed by atoms with van der Waals surface area (Å²) in [5, 5.41) is 17.6. The molecular formula is C8H11NO2. The molecule has 0 saturated carbocycles. The van der Waals surface area contributed by atoms with E-state index in [2.05, 4.69) is 6.42 Å². The van der Waals surface area contributed by atoms with E-state index in [0.717, 1.165) is 0 Å². The molecule has 1 rings (SSSR count). The monoisotopic (exact) mass is 153 g/mol. The van der Waals surface area contributed by atoms with Gasteiger partial charge in [0.2, 0.25) is 0 Å². The van der Waals surface area contributed by atoms with Crippen LogP contribution in [-0.2, 0) is 0 Å². The Balaban J connectivity index is 2.30. The Morgan fingerprint density at radius 3 is 2.55 bits per heavy atom. The average molecular weight is 153 g/mol. The maximum atomic E-state index is 9.03. The summed E-state index contributed by atoms with van der Waals surface area (Å²) in [5.74, 6) is 0. The van der Waals surface area contributed by atoms with Crippen molar-refractivity contribution in [2.75, 3.05) is 13.2 Å². The van der Waals surface area contributed by atoms with E-state index in [9.17, 15) is 0 Å². The van der Waals surface area contributed by atoms with Gasteiger partial charge < -0.3 is 15.1 Å². The molecule has 60 valence electrons. The number of hydrogen-bond acceptors (Lipinski definition) is 3. The van der Waals surface area contributed by atoms with Crippen LogP contribution in [0.4, 0.5) is 0 Å². The highest BCUT2D eigenvalue weighted by molar-refractivity contribution is 5.14. The number of aliphatic hydroxyl groups excluding tert-OH is 2. The zero-order chi connectivity index (χ0) is 8.10. The van der Waals surface area contributed by atoms with Crippen molar-refractivity contribution in [3.63, 3.8) is 0 Å². The zero-order valence-electron chi connectivity index (χ0n) is 6.14. The topological polar surface area (TPSA) is 43.7 Å². The fourth-order valence-electron chi connectivity index (χ4n) is 0.806. The average Bonchev–Trinajstić information content (AvgIpc) is 2.06. The second-order valence-electron chi connectivity index (χ2n) is 2.33. The number of aliphatic hydroxyl groups is 2. The van der Waals surface area contributed by atoms with Crippen LogP contribution in [0.2, 0.25) is 0 Å². The van der Waals surface area contributed by atoms with E-state index in [0.29, 0.717) is 6.54 Å². The summed E-state index contributed by atoms with van der Waals surface area (Å²) in [7, 11) is 0. The molecule has 1 heterocycles. The third kappa shape index (κ3) is 2.74. The van der Waals surface area contributed by atoms with Crippen LogP contribution in [0.25, 0.3) is 0 Å². The molecule has 0 bridgehead atoms. The smallest absolute Gasteiger partial charge is 0.0949 e. The van der Waals surface area contributed by atoms with Gasteiger partial charge >= 0.3 is 0 Å². The Hall–Kier alpha value is -0.800. The maximum Gasteiger partial charge on any atom is 0.0949 e. The number of rotatable bonds is 3. The van der Waals surface area contributed by atoms with Crippen molar-refractivity contribution in [1.29, 1.82) is 0 Å². The van der Waals surface area contributed by atoms with Gasteiger partial charge in [-0.15, -0.1) is 0 Å². The van der Waals surface area contributed by atoms with Crippen molar-refractivity contribution in [2.24, 2.45) is 0 Å². The van der Waals surface area contributed by atoms with E-state index in [1.807, 2.05) is 0 Å². The predicted molar refractivity (Wildman–Crippen MR) is 41.3 cm³/mol. The molecule has 11 heavy (non-hydrogen) atoms. The summed E-state index contributed by atoms with van der Waals surface area (Å²) in [6, 6.07) is 0. The Morgan fingerprint density at radius 1 is 1.36 bits per heavy atom. The maximum absolute atomic E-state index is 9.03. The summed E-state index contributed by atoms with van der Waals surface area (Å²) >= 11 is 0. The Morgan fingerprint density at radius 2 is 2.00 bits per heavy atom. The second kappa shape index (κ2) is 4.16. The fourth-order valence-corrected chi connectivity index (χ4v) is 0.806. The number of β-amino-alcohol motifs (C(OH)–C–C–N with tert-alkyl or cyclic N) is 1. The largest absolute Gasteiger partial charge is 0.394 e. The fraction of sp³-hybridized carbons (Fsp3) is 0.375. The minimum Gasteiger partial charge on any atom is -0.394 e. The zero-order valence-corrected chi connectivity index (χ0v) is 6.14. The van der Waals surface area contributed by atoms with Gasteiger partial charge in [0.1, 0.15) is 0 Å². The standard InChI is InChI=1S/C8H11NO2/c10-7-8(11)6-9-4-2-1-3-5-9/h2-5,8,10-11H,6-7H2. The first-order chi connectivity index (χ1) is 5.33. The molecule has 0 aromatic heterocycles. The van der Waals surface area contributed by atoms with Gasteiger partial charge in [0.25, 0.3) is 0 Å². The van der Waals surface area contributed by atoms with Crippen LogP contribution in [0.3, 0.4) is 0 Å². The van der Waals surface area contributed by atoms with Gasteiger partial charge in [0, 0.05) is 18.8 Å². The van der Waals surface area contributed by atoms with Gasteiger partial charge in [-0.25, -0.2) is 0 Å². The van der Waals surface area contributed by atoms with E-state index in [1.54, 1.807) is 29.5 Å². The lowest BCUT2D eigenvalue weighted by Gasteiger charge is -2.19. The van der Waals surface area contributed by atoms with Crippen LogP contribution in [0.1, 0.15) is 0 Å². The van der Waals surface area contributed by atoms with Gasteiger partial charge in [-0.3, -0.25) is 0 Å². The second-order valence-corrected chi connectivity index (χ2v) is 2.33. The van der Waals surface area contributed by atoms with E-state index >= 15 is 0 Å². The lowest BCUT2D eigenvalue weighted by Crippen LogP contribution is -2.27. The third-order valence-electron chi connectivity index (χ3n) is 1.36. The Labute approximate surface area is 66.3 Å². The van der Waals surface area contributed by atoms with Crippen molar-refractivity contribution < 1.29 is 10.2 Å². The molecule has 1 atom stereocenters. The van der Waals surface area contributed by atoms with E-state index in [4.69, 9.17) is 10.2 Å². The van der Waals surface area contributed by atoms with Crippen LogP contribution in [0.15, 0.2) is 24.6 Å². The highest BCUT2D eigenvalue weighted by Crippen LogP contribution is 2.02. The molecule has 0 fully saturated rings. The molecule has 0 spiro atoms. The predicted octanol–water partition coefficient (Wildman–Crippen LogP) is -0.236. The molecule has 3 heteroatoms. The summed E-state index contributed by atoms with van der Waals surface area (Å²) in [5.41, 5.74) is 0. The summed E-state index contributed by atoms with van der Waals surface area (Å²) in [6.07, 6.45) is 9.27. The van der Waals surface area contributed by atoms with Crippen molar-refractivity contribution in [3.05, 3.63) is 31.0 Å². The van der Waals surface area contributed by atoms with Crippen LogP contribution in [0.5, 0.6) is 0 Å². The van der Waals surface area contributed by atoms with E-state index in [-0.39, 0.29) is 6.61 Å². The number of hydrogen-bond donors (Lipinski definition) is 2. The molecule has 3 nitrogen and oxygen atoms in total. The molecular weight excluding hydrogens is 142 g/mol. The Bertz CT molecular complexity index is 153. The third-order valence-corrected chi connectivity index (χ3v) is 1.36. The van der Waals surface area contributed by atoms with Gasteiger partial charge in [-0.2, -0.15) is 0 Å². The molecule has 2 radical (unpaired) electrons. The van der Waals surface area contributed by atoms with Crippen LogP contribution in [-0.4, -0.2) is 34.4 Å². The summed E-state index contributed by atoms with van der Waals surface area (Å²) in [6.45, 7) is 0.219. The lowest BCUT2D eigenvalue weighted by molar-refractivity contribution is 0.0802. The minimum atomic E-state index is -0.678. The van der Waals surface area contributed by atoms with Gasteiger partial charge in [0.05, 0.1) is 19.3 Å². The van der Waals surface area contributed by atoms with E-state index in [1.165, 1.54) is 0 Å². The first-order valence-corrected chi connectivity index (χ1v) is 3.47. The first-order valence-electron chi connectivity index (χ1n) is 3.47. The highest BCUT2D eigenvalue weighted by atomic mass is 16.3. The van der Waals surface area contributed by atoms with Crippen LogP contribution < -0.4 is 0 Å². The van der Waals surface area contributed by atoms with Crippen molar-refractivity contribution in [3.8, 4) is 0 Å². The highest BCUT2D eigenvalue weighted by Gasteiger charge is 2.05. The quantitative estimate of drug-likeness (QED) is 0.588. The van der Waals surface area contributed by atoms with Gasteiger partial charge in [-0.05, 0) is 0 Å². The summed E-state index contributed by atoms with van der Waals surface area (Å²) in [4.78, 5) is 1.79. The molecule has 0 saturated heterocycles. The van der Waals surface area contributed by atoms with Gasteiger partial charge in [-0.1, -0.05) is 12.2 Å².